The van der Waals surface area contributed by atoms with E-state index in [4.69, 9.17) is 0 Å². The maximum atomic E-state index is 12.0. The Kier molecular flexibility index (Phi) is 4.68. The molecule has 1 aromatic rings. The minimum Gasteiger partial charge on any atom is -0.435 e. The van der Waals surface area contributed by atoms with Crippen LogP contribution in [-0.4, -0.2) is 25.6 Å². The van der Waals surface area contributed by atoms with E-state index in [0.717, 1.165) is 29.8 Å². The number of amides is 1. The van der Waals surface area contributed by atoms with Crippen LogP contribution in [-0.2, 0) is 11.3 Å². The highest BCUT2D eigenvalue weighted by atomic mass is 19.3. The summed E-state index contributed by atoms with van der Waals surface area (Å²) in [6, 6.07) is 6.19. The maximum Gasteiger partial charge on any atom is 0.387 e. The molecule has 0 bridgehead atoms. The molecule has 0 unspecified atom stereocenters. The second-order valence-electron chi connectivity index (χ2n) is 4.54. The van der Waals surface area contributed by atoms with Gasteiger partial charge in [-0.25, -0.2) is 0 Å². The predicted molar refractivity (Wildman–Crippen MR) is 70.5 cm³/mol. The molecule has 1 heterocycles. The lowest BCUT2D eigenvalue weighted by molar-refractivity contribution is -0.117. The van der Waals surface area contributed by atoms with Crippen molar-refractivity contribution in [1.82, 2.24) is 10.6 Å². The van der Waals surface area contributed by atoms with Gasteiger partial charge in [0.2, 0.25) is 5.91 Å². The zero-order valence-corrected chi connectivity index (χ0v) is 11.1. The molecular weight excluding hydrogens is 266 g/mol. The molecule has 1 aliphatic heterocycles. The monoisotopic (exact) mass is 282 g/mol. The van der Waals surface area contributed by atoms with E-state index in [1.165, 1.54) is 12.1 Å². The van der Waals surface area contributed by atoms with Crippen LogP contribution in [0.2, 0.25) is 0 Å². The normalized spacial score (nSPS) is 13.9. The number of halogens is 2. The second kappa shape index (κ2) is 6.47. The quantitative estimate of drug-likeness (QED) is 0.810. The minimum absolute atomic E-state index is 0.102. The van der Waals surface area contributed by atoms with E-state index >= 15 is 0 Å². The van der Waals surface area contributed by atoms with Gasteiger partial charge in [0.25, 0.3) is 0 Å². The van der Waals surface area contributed by atoms with Crippen molar-refractivity contribution >= 4 is 5.91 Å². The van der Waals surface area contributed by atoms with Crippen LogP contribution in [0.4, 0.5) is 8.78 Å². The van der Waals surface area contributed by atoms with Crippen molar-refractivity contribution in [2.75, 3.05) is 13.1 Å². The van der Waals surface area contributed by atoms with Crippen molar-refractivity contribution in [1.29, 1.82) is 0 Å². The zero-order valence-electron chi connectivity index (χ0n) is 11.1. The first-order valence-corrected chi connectivity index (χ1v) is 6.27. The number of hydrogen-bond acceptors (Lipinski definition) is 3. The van der Waals surface area contributed by atoms with E-state index in [1.807, 2.05) is 0 Å². The van der Waals surface area contributed by atoms with Crippen LogP contribution in [0, 0.1) is 0 Å². The Bertz CT molecular complexity index is 506. The summed E-state index contributed by atoms with van der Waals surface area (Å²) < 4.78 is 28.2. The van der Waals surface area contributed by atoms with Crippen LogP contribution in [0.1, 0.15) is 12.5 Å². The molecule has 108 valence electrons. The van der Waals surface area contributed by atoms with E-state index in [2.05, 4.69) is 15.4 Å². The maximum absolute atomic E-state index is 12.0. The Balaban J connectivity index is 1.86. The van der Waals surface area contributed by atoms with Crippen LogP contribution >= 0.6 is 0 Å². The van der Waals surface area contributed by atoms with Gasteiger partial charge < -0.3 is 15.4 Å². The number of nitrogens with one attached hydrogen (secondary N) is 2. The fourth-order valence-electron chi connectivity index (χ4n) is 1.78. The number of carbonyl (C=O) groups excluding carboxylic acids is 1. The third-order valence-electron chi connectivity index (χ3n) is 3.15. The topological polar surface area (TPSA) is 50.4 Å². The number of ether oxygens (including phenoxy) is 1. The molecule has 1 amide bonds. The van der Waals surface area contributed by atoms with Crippen molar-refractivity contribution in [3.63, 3.8) is 0 Å². The summed E-state index contributed by atoms with van der Waals surface area (Å²) >= 11 is 0. The van der Waals surface area contributed by atoms with Gasteiger partial charge in [-0.15, -0.1) is 0 Å². The summed E-state index contributed by atoms with van der Waals surface area (Å²) in [5.41, 5.74) is 2.68. The molecule has 1 aliphatic rings. The third-order valence-corrected chi connectivity index (χ3v) is 3.15. The molecule has 4 nitrogen and oxygen atoms in total. The predicted octanol–water partition coefficient (Wildman–Crippen LogP) is 1.82. The Hall–Kier alpha value is -1.95. The highest BCUT2D eigenvalue weighted by Crippen LogP contribution is 2.15. The van der Waals surface area contributed by atoms with Gasteiger partial charge in [-0.1, -0.05) is 12.1 Å². The van der Waals surface area contributed by atoms with Crippen LogP contribution in [0.5, 0.6) is 5.75 Å². The van der Waals surface area contributed by atoms with Gasteiger partial charge in [-0.2, -0.15) is 8.78 Å². The second-order valence-corrected chi connectivity index (χ2v) is 4.54. The lowest BCUT2D eigenvalue weighted by Crippen LogP contribution is -2.37. The van der Waals surface area contributed by atoms with Crippen LogP contribution in [0.15, 0.2) is 35.4 Å². The van der Waals surface area contributed by atoms with Crippen LogP contribution < -0.4 is 15.4 Å². The Morgan fingerprint density at radius 2 is 2.00 bits per heavy atom. The Morgan fingerprint density at radius 3 is 2.50 bits per heavy atom. The van der Waals surface area contributed by atoms with Gasteiger partial charge in [0.15, 0.2) is 0 Å². The van der Waals surface area contributed by atoms with E-state index < -0.39 is 6.61 Å². The Morgan fingerprint density at radius 1 is 1.35 bits per heavy atom. The number of carbonyl (C=O) groups is 1. The number of hydrogen-bond donors (Lipinski definition) is 2. The fourth-order valence-corrected chi connectivity index (χ4v) is 1.78. The van der Waals surface area contributed by atoms with E-state index in [1.54, 1.807) is 19.1 Å². The SMILES string of the molecule is CC(C(=O)NCc1ccc(OC(F)F)cc1)=C1CNC1. The molecule has 2 rings (SSSR count). The molecule has 6 heteroatoms. The lowest BCUT2D eigenvalue weighted by Gasteiger charge is -2.21. The molecule has 1 fully saturated rings. The average molecular weight is 282 g/mol. The molecule has 0 spiro atoms. The van der Waals surface area contributed by atoms with Gasteiger partial charge in [-0.05, 0) is 30.2 Å². The molecule has 0 atom stereocenters. The Labute approximate surface area is 115 Å². The molecule has 0 saturated carbocycles. The van der Waals surface area contributed by atoms with E-state index in [-0.39, 0.29) is 11.7 Å². The van der Waals surface area contributed by atoms with Crippen molar-refractivity contribution in [3.8, 4) is 5.75 Å². The van der Waals surface area contributed by atoms with Gasteiger partial charge in [0.05, 0.1) is 0 Å². The van der Waals surface area contributed by atoms with E-state index in [9.17, 15) is 13.6 Å². The van der Waals surface area contributed by atoms with Gasteiger partial charge >= 0.3 is 6.61 Å². The molecule has 0 aliphatic carbocycles. The highest BCUT2D eigenvalue weighted by Gasteiger charge is 2.15. The third kappa shape index (κ3) is 3.77. The highest BCUT2D eigenvalue weighted by molar-refractivity contribution is 5.93. The van der Waals surface area contributed by atoms with Crippen LogP contribution in [0.3, 0.4) is 0 Å². The number of alkyl halides is 2. The van der Waals surface area contributed by atoms with E-state index in [0.29, 0.717) is 6.54 Å². The summed E-state index contributed by atoms with van der Waals surface area (Å²) in [5.74, 6) is 0.00308. The first-order valence-electron chi connectivity index (χ1n) is 6.27. The fraction of sp³-hybridized carbons (Fsp3) is 0.357. The average Bonchev–Trinajstić information content (AvgIpc) is 2.34. The van der Waals surface area contributed by atoms with Crippen molar-refractivity contribution in [2.24, 2.45) is 0 Å². The van der Waals surface area contributed by atoms with Gasteiger partial charge in [-0.3, -0.25) is 4.79 Å². The smallest absolute Gasteiger partial charge is 0.387 e. The van der Waals surface area contributed by atoms with Gasteiger partial charge in [0, 0.05) is 25.2 Å². The first-order chi connectivity index (χ1) is 9.56. The van der Waals surface area contributed by atoms with Crippen molar-refractivity contribution < 1.29 is 18.3 Å². The summed E-state index contributed by atoms with van der Waals surface area (Å²) in [6.45, 7) is 0.847. The van der Waals surface area contributed by atoms with Crippen LogP contribution in [0.25, 0.3) is 0 Å². The molecule has 20 heavy (non-hydrogen) atoms. The minimum atomic E-state index is -2.83. The molecular formula is C14H16F2N2O2. The summed E-state index contributed by atoms with van der Waals surface area (Å²) in [5, 5.41) is 5.87. The number of benzene rings is 1. The van der Waals surface area contributed by atoms with Gasteiger partial charge in [0.1, 0.15) is 5.75 Å². The molecule has 0 aromatic heterocycles. The number of rotatable bonds is 5. The van der Waals surface area contributed by atoms with Crippen molar-refractivity contribution in [2.45, 2.75) is 20.1 Å². The first kappa shape index (κ1) is 14.5. The molecule has 1 aromatic carbocycles. The lowest BCUT2D eigenvalue weighted by atomic mass is 10.0. The molecule has 2 N–H and O–H groups in total. The molecule has 1 saturated heterocycles. The largest absolute Gasteiger partial charge is 0.435 e. The molecule has 0 radical (unpaired) electrons. The summed E-state index contributed by atoms with van der Waals surface area (Å²) in [6.07, 6.45) is 0. The summed E-state index contributed by atoms with van der Waals surface area (Å²) in [7, 11) is 0. The summed E-state index contributed by atoms with van der Waals surface area (Å²) in [4.78, 5) is 11.8. The zero-order chi connectivity index (χ0) is 14.5. The van der Waals surface area contributed by atoms with Crippen molar-refractivity contribution in [3.05, 3.63) is 41.0 Å². The standard InChI is InChI=1S/C14H16F2N2O2/c1-9(11-7-17-8-11)13(19)18-6-10-2-4-12(5-3-10)20-14(15)16/h2-5,14,17H,6-8H2,1H3,(H,18,19).